The number of aromatic nitrogens is 2. The molecule has 2 aromatic heterocycles. The van der Waals surface area contributed by atoms with Crippen LogP contribution in [0.4, 0.5) is 0 Å². The van der Waals surface area contributed by atoms with E-state index in [9.17, 15) is 4.79 Å². The summed E-state index contributed by atoms with van der Waals surface area (Å²) in [6.07, 6.45) is 1.69. The van der Waals surface area contributed by atoms with Crippen molar-refractivity contribution in [3.63, 3.8) is 0 Å². The molecule has 0 bridgehead atoms. The maximum Gasteiger partial charge on any atom is 0.227 e. The Hall–Kier alpha value is -1.49. The zero-order valence-electron chi connectivity index (χ0n) is 8.97. The second-order valence-corrected chi connectivity index (χ2v) is 4.59. The number of rotatable bonds is 5. The molecule has 0 aromatic carbocycles. The lowest BCUT2D eigenvalue weighted by Crippen LogP contribution is -1.94. The van der Waals surface area contributed by atoms with Crippen LogP contribution in [0.15, 0.2) is 22.0 Å². The average Bonchev–Trinajstić information content (AvgIpc) is 2.87. The lowest BCUT2D eigenvalue weighted by molar-refractivity contribution is -0.117. The minimum atomic E-state index is 0.137. The van der Waals surface area contributed by atoms with E-state index in [1.54, 1.807) is 18.3 Å². The zero-order chi connectivity index (χ0) is 11.4. The molecule has 0 amide bonds. The van der Waals surface area contributed by atoms with E-state index in [-0.39, 0.29) is 5.78 Å². The summed E-state index contributed by atoms with van der Waals surface area (Å²) >= 11 is 1.67. The Labute approximate surface area is 97.3 Å². The van der Waals surface area contributed by atoms with Gasteiger partial charge in [0.2, 0.25) is 5.89 Å². The van der Waals surface area contributed by atoms with Gasteiger partial charge in [-0.25, -0.2) is 0 Å². The zero-order valence-corrected chi connectivity index (χ0v) is 9.79. The van der Waals surface area contributed by atoms with Crippen molar-refractivity contribution >= 4 is 17.1 Å². The van der Waals surface area contributed by atoms with Gasteiger partial charge in [0.25, 0.3) is 0 Å². The minimum absolute atomic E-state index is 0.137. The van der Waals surface area contributed by atoms with Crippen LogP contribution in [-0.2, 0) is 17.6 Å². The predicted molar refractivity (Wildman–Crippen MR) is 60.4 cm³/mol. The van der Waals surface area contributed by atoms with Crippen LogP contribution in [0.2, 0.25) is 0 Å². The molecular weight excluding hydrogens is 224 g/mol. The molecule has 0 N–H and O–H groups in total. The molecule has 2 aromatic rings. The molecule has 0 unspecified atom stereocenters. The Morgan fingerprint density at radius 3 is 3.12 bits per heavy atom. The fourth-order valence-electron chi connectivity index (χ4n) is 1.32. The van der Waals surface area contributed by atoms with Gasteiger partial charge in [0.1, 0.15) is 5.78 Å². The highest BCUT2D eigenvalue weighted by Crippen LogP contribution is 2.13. The molecule has 0 saturated carbocycles. The summed E-state index contributed by atoms with van der Waals surface area (Å²) in [6.45, 7) is 1.56. The number of hydrogen-bond donors (Lipinski definition) is 0. The maximum atomic E-state index is 10.8. The van der Waals surface area contributed by atoms with Crippen LogP contribution >= 0.6 is 11.3 Å². The minimum Gasteiger partial charge on any atom is -0.339 e. The molecule has 0 spiro atoms. The molecule has 0 aliphatic carbocycles. The Bertz CT molecular complexity index is 462. The average molecular weight is 236 g/mol. The van der Waals surface area contributed by atoms with Crippen LogP contribution in [0.25, 0.3) is 0 Å². The van der Waals surface area contributed by atoms with E-state index in [0.717, 1.165) is 0 Å². The van der Waals surface area contributed by atoms with Crippen molar-refractivity contribution in [2.45, 2.75) is 26.2 Å². The standard InChI is InChI=1S/C11H12N2O2S/c1-8(14)4-5-11-12-10(13-15-11)7-9-3-2-6-16-9/h2-3,6H,4-5,7H2,1H3. The summed E-state index contributed by atoms with van der Waals surface area (Å²) in [5.74, 6) is 1.36. The van der Waals surface area contributed by atoms with E-state index in [4.69, 9.17) is 4.52 Å². The number of Topliss-reactive ketones (excluding diaryl/α,β-unsaturated/α-hetero) is 1. The topological polar surface area (TPSA) is 56.0 Å². The van der Waals surface area contributed by atoms with Crippen molar-refractivity contribution in [2.75, 3.05) is 0 Å². The Kier molecular flexibility index (Phi) is 3.46. The van der Waals surface area contributed by atoms with Gasteiger partial charge in [-0.05, 0) is 18.4 Å². The van der Waals surface area contributed by atoms with Crippen LogP contribution in [0.3, 0.4) is 0 Å². The quantitative estimate of drug-likeness (QED) is 0.799. The first kappa shape index (κ1) is 11.0. The summed E-state index contributed by atoms with van der Waals surface area (Å²) in [4.78, 5) is 16.2. The van der Waals surface area contributed by atoms with Gasteiger partial charge in [0.05, 0.1) is 0 Å². The second kappa shape index (κ2) is 5.03. The summed E-state index contributed by atoms with van der Waals surface area (Å²) in [5, 5.41) is 5.90. The van der Waals surface area contributed by atoms with Crippen LogP contribution in [-0.4, -0.2) is 15.9 Å². The molecule has 84 valence electrons. The normalized spacial score (nSPS) is 10.6. The van der Waals surface area contributed by atoms with Crippen molar-refractivity contribution in [3.05, 3.63) is 34.1 Å². The number of carbonyl (C=O) groups excluding carboxylic acids is 1. The van der Waals surface area contributed by atoms with Crippen molar-refractivity contribution in [1.29, 1.82) is 0 Å². The number of nitrogens with zero attached hydrogens (tertiary/aromatic N) is 2. The Balaban J connectivity index is 1.94. The van der Waals surface area contributed by atoms with Gasteiger partial charge in [-0.3, -0.25) is 0 Å². The second-order valence-electron chi connectivity index (χ2n) is 3.56. The van der Waals surface area contributed by atoms with E-state index in [0.29, 0.717) is 31.0 Å². The Morgan fingerprint density at radius 2 is 2.44 bits per heavy atom. The SMILES string of the molecule is CC(=O)CCc1nc(Cc2cccs2)no1. The molecular formula is C11H12N2O2S. The predicted octanol–water partition coefficient (Wildman–Crippen LogP) is 2.24. The van der Waals surface area contributed by atoms with Gasteiger partial charge >= 0.3 is 0 Å². The molecule has 5 heteroatoms. The summed E-state index contributed by atoms with van der Waals surface area (Å²) in [6, 6.07) is 4.03. The summed E-state index contributed by atoms with van der Waals surface area (Å²) in [5.41, 5.74) is 0. The molecule has 16 heavy (non-hydrogen) atoms. The van der Waals surface area contributed by atoms with E-state index in [2.05, 4.69) is 10.1 Å². The number of aryl methyl sites for hydroxylation is 1. The highest BCUT2D eigenvalue weighted by atomic mass is 32.1. The largest absolute Gasteiger partial charge is 0.339 e. The van der Waals surface area contributed by atoms with Crippen molar-refractivity contribution in [1.82, 2.24) is 10.1 Å². The number of ketones is 1. The number of thiophene rings is 1. The Morgan fingerprint density at radius 1 is 1.56 bits per heavy atom. The molecule has 0 saturated heterocycles. The lowest BCUT2D eigenvalue weighted by Gasteiger charge is -1.89. The van der Waals surface area contributed by atoms with Crippen LogP contribution in [0.1, 0.15) is 29.9 Å². The van der Waals surface area contributed by atoms with Crippen LogP contribution in [0, 0.1) is 0 Å². The van der Waals surface area contributed by atoms with Crippen molar-refractivity contribution < 1.29 is 9.32 Å². The van der Waals surface area contributed by atoms with E-state index < -0.39 is 0 Å². The third kappa shape index (κ3) is 3.00. The van der Waals surface area contributed by atoms with Gasteiger partial charge in [-0.1, -0.05) is 11.2 Å². The molecule has 0 radical (unpaired) electrons. The number of carbonyl (C=O) groups is 1. The molecule has 0 fully saturated rings. The number of hydrogen-bond acceptors (Lipinski definition) is 5. The highest BCUT2D eigenvalue weighted by Gasteiger charge is 2.08. The van der Waals surface area contributed by atoms with Gasteiger partial charge in [-0.2, -0.15) is 4.98 Å². The molecule has 2 rings (SSSR count). The third-order valence-electron chi connectivity index (χ3n) is 2.11. The molecule has 0 aliphatic rings. The van der Waals surface area contributed by atoms with Gasteiger partial charge in [0, 0.05) is 24.1 Å². The van der Waals surface area contributed by atoms with Gasteiger partial charge in [0.15, 0.2) is 5.82 Å². The monoisotopic (exact) mass is 236 g/mol. The summed E-state index contributed by atoms with van der Waals surface area (Å²) in [7, 11) is 0. The lowest BCUT2D eigenvalue weighted by atomic mass is 10.2. The molecule has 0 aliphatic heterocycles. The van der Waals surface area contributed by atoms with Crippen LogP contribution < -0.4 is 0 Å². The summed E-state index contributed by atoms with van der Waals surface area (Å²) < 4.78 is 5.06. The molecule has 2 heterocycles. The first-order valence-corrected chi connectivity index (χ1v) is 5.95. The molecule has 0 atom stereocenters. The van der Waals surface area contributed by atoms with Gasteiger partial charge < -0.3 is 9.32 Å². The fourth-order valence-corrected chi connectivity index (χ4v) is 2.02. The smallest absolute Gasteiger partial charge is 0.227 e. The van der Waals surface area contributed by atoms with Crippen molar-refractivity contribution in [3.8, 4) is 0 Å². The van der Waals surface area contributed by atoms with E-state index in [1.807, 2.05) is 17.5 Å². The highest BCUT2D eigenvalue weighted by molar-refractivity contribution is 7.09. The van der Waals surface area contributed by atoms with E-state index in [1.165, 1.54) is 4.88 Å². The fraction of sp³-hybridized carbons (Fsp3) is 0.364. The van der Waals surface area contributed by atoms with Gasteiger partial charge in [-0.15, -0.1) is 11.3 Å². The first-order valence-electron chi connectivity index (χ1n) is 5.07. The molecule has 4 nitrogen and oxygen atoms in total. The maximum absolute atomic E-state index is 10.8. The third-order valence-corrected chi connectivity index (χ3v) is 2.99. The van der Waals surface area contributed by atoms with Crippen molar-refractivity contribution in [2.24, 2.45) is 0 Å². The first-order chi connectivity index (χ1) is 7.74. The van der Waals surface area contributed by atoms with Crippen LogP contribution in [0.5, 0.6) is 0 Å². The van der Waals surface area contributed by atoms with E-state index >= 15 is 0 Å².